The molecule has 188 valence electrons. The van der Waals surface area contributed by atoms with Crippen molar-refractivity contribution in [1.29, 1.82) is 0 Å². The van der Waals surface area contributed by atoms with Crippen LogP contribution in [0.25, 0.3) is 0 Å². The number of halogens is 2. The lowest BCUT2D eigenvalue weighted by Gasteiger charge is -2.38. The number of amides is 1. The summed E-state index contributed by atoms with van der Waals surface area (Å²) in [5.74, 6) is 0.266. The first-order valence-electron chi connectivity index (χ1n) is 12.0. The Balaban J connectivity index is 1.13. The summed E-state index contributed by atoms with van der Waals surface area (Å²) in [5, 5.41) is 9.33. The molecule has 0 saturated carbocycles. The number of carboxylic acid groups (broad SMARTS) is 1. The molecule has 4 rings (SSSR count). The summed E-state index contributed by atoms with van der Waals surface area (Å²) < 4.78 is 20.2. The number of likely N-dealkylation sites (tertiary alicyclic amines) is 1. The van der Waals surface area contributed by atoms with Crippen LogP contribution in [0.5, 0.6) is 5.75 Å². The number of carbonyl (C=O) groups excluding carboxylic acids is 1. The predicted octanol–water partition coefficient (Wildman–Crippen LogP) is 3.82. The molecule has 35 heavy (non-hydrogen) atoms. The first kappa shape index (κ1) is 25.2. The van der Waals surface area contributed by atoms with Crippen molar-refractivity contribution in [2.24, 2.45) is 11.8 Å². The van der Waals surface area contributed by atoms with E-state index in [9.17, 15) is 14.0 Å². The van der Waals surface area contributed by atoms with Gasteiger partial charge >= 0.3 is 5.97 Å². The van der Waals surface area contributed by atoms with Crippen LogP contribution in [0.4, 0.5) is 10.3 Å². The zero-order chi connectivity index (χ0) is 24.8. The van der Waals surface area contributed by atoms with E-state index < -0.39 is 11.8 Å². The van der Waals surface area contributed by atoms with Crippen molar-refractivity contribution in [3.8, 4) is 5.75 Å². The minimum absolute atomic E-state index is 0.0119. The maximum absolute atomic E-state index is 14.5. The molecule has 10 heteroatoms. The van der Waals surface area contributed by atoms with Gasteiger partial charge in [0.05, 0.1) is 36.9 Å². The van der Waals surface area contributed by atoms with Gasteiger partial charge in [-0.1, -0.05) is 17.7 Å². The number of nitrogens with zero attached hydrogens (tertiary/aromatic N) is 4. The maximum Gasteiger partial charge on any atom is 0.303 e. The number of anilines is 1. The lowest BCUT2D eigenvalue weighted by molar-refractivity contribution is -0.144. The molecule has 2 aliphatic heterocycles. The number of carboxylic acids is 1. The number of rotatable bonds is 10. The monoisotopic (exact) mass is 504 g/mol. The third-order valence-corrected chi connectivity index (χ3v) is 6.86. The van der Waals surface area contributed by atoms with Crippen molar-refractivity contribution in [2.75, 3.05) is 37.7 Å². The molecule has 0 radical (unpaired) electrons. The molecule has 1 aromatic carbocycles. The maximum atomic E-state index is 14.5. The average molecular weight is 505 g/mol. The van der Waals surface area contributed by atoms with E-state index in [1.807, 2.05) is 0 Å². The van der Waals surface area contributed by atoms with Gasteiger partial charge < -0.3 is 19.6 Å². The smallest absolute Gasteiger partial charge is 0.303 e. The Morgan fingerprint density at radius 3 is 2.51 bits per heavy atom. The van der Waals surface area contributed by atoms with Crippen molar-refractivity contribution in [1.82, 2.24) is 14.9 Å². The van der Waals surface area contributed by atoms with E-state index in [0.29, 0.717) is 41.9 Å². The van der Waals surface area contributed by atoms with Crippen molar-refractivity contribution in [3.63, 3.8) is 0 Å². The minimum Gasteiger partial charge on any atom is -0.493 e. The number of hydrogen-bond donors (Lipinski definition) is 1. The zero-order valence-corrected chi connectivity index (χ0v) is 20.3. The molecular formula is C25H30ClFN4O4. The fourth-order valence-corrected chi connectivity index (χ4v) is 4.74. The van der Waals surface area contributed by atoms with E-state index in [2.05, 4.69) is 14.9 Å². The van der Waals surface area contributed by atoms with Gasteiger partial charge in [-0.2, -0.15) is 0 Å². The topological polar surface area (TPSA) is 95.9 Å². The molecule has 1 N–H and O–H groups in total. The van der Waals surface area contributed by atoms with Crippen LogP contribution in [0.15, 0.2) is 30.6 Å². The highest BCUT2D eigenvalue weighted by atomic mass is 35.5. The van der Waals surface area contributed by atoms with Crippen molar-refractivity contribution in [3.05, 3.63) is 47.0 Å². The normalized spacial score (nSPS) is 16.7. The van der Waals surface area contributed by atoms with E-state index in [1.165, 1.54) is 6.07 Å². The third kappa shape index (κ3) is 7.04. The number of piperidine rings is 1. The lowest BCUT2D eigenvalue weighted by atomic mass is 9.92. The SMILES string of the molecule is O=C(O)CC1CN(C(=O)Cc2ccc(OCCCC3CCN(c4ncc(Cl)cn4)CC3)cc2F)C1. The van der Waals surface area contributed by atoms with Gasteiger partial charge in [-0.15, -0.1) is 0 Å². The number of aromatic nitrogens is 2. The Kier molecular flexibility index (Phi) is 8.38. The van der Waals surface area contributed by atoms with Crippen LogP contribution < -0.4 is 9.64 Å². The highest BCUT2D eigenvalue weighted by molar-refractivity contribution is 6.30. The molecule has 2 fully saturated rings. The molecule has 2 aromatic rings. The van der Waals surface area contributed by atoms with Crippen LogP contribution in [0.1, 0.15) is 37.7 Å². The third-order valence-electron chi connectivity index (χ3n) is 6.67. The molecule has 2 saturated heterocycles. The molecule has 2 aliphatic rings. The molecule has 0 bridgehead atoms. The summed E-state index contributed by atoms with van der Waals surface area (Å²) >= 11 is 5.85. The Bertz CT molecular complexity index is 1020. The Labute approximate surface area is 209 Å². The van der Waals surface area contributed by atoms with Gasteiger partial charge in [0.25, 0.3) is 0 Å². The summed E-state index contributed by atoms with van der Waals surface area (Å²) in [6.45, 7) is 3.17. The van der Waals surface area contributed by atoms with Gasteiger partial charge in [-0.05, 0) is 43.2 Å². The first-order chi connectivity index (χ1) is 16.9. The second-order valence-corrected chi connectivity index (χ2v) is 9.75. The molecule has 0 aliphatic carbocycles. The van der Waals surface area contributed by atoms with Crippen LogP contribution >= 0.6 is 11.6 Å². The Hall–Kier alpha value is -2.94. The Morgan fingerprint density at radius 1 is 1.14 bits per heavy atom. The summed E-state index contributed by atoms with van der Waals surface area (Å²) in [6.07, 6.45) is 7.32. The average Bonchev–Trinajstić information content (AvgIpc) is 2.81. The van der Waals surface area contributed by atoms with Crippen LogP contribution in [-0.2, 0) is 16.0 Å². The highest BCUT2D eigenvalue weighted by Crippen LogP contribution is 2.25. The molecule has 0 atom stereocenters. The predicted molar refractivity (Wildman–Crippen MR) is 129 cm³/mol. The van der Waals surface area contributed by atoms with Crippen molar-refractivity contribution < 1.29 is 23.8 Å². The van der Waals surface area contributed by atoms with Gasteiger partial charge in [-0.3, -0.25) is 9.59 Å². The number of hydrogen-bond acceptors (Lipinski definition) is 6. The highest BCUT2D eigenvalue weighted by Gasteiger charge is 2.32. The molecule has 0 spiro atoms. The standard InChI is InChI=1S/C25H30ClFN4O4/c26-20-13-28-25(29-14-20)30-7-5-17(6-8-30)2-1-9-35-21-4-3-19(22(27)12-21)11-23(32)31-15-18(16-31)10-24(33)34/h3-4,12-14,17-18H,1-2,5-11,15-16H2,(H,33,34). The summed E-state index contributed by atoms with van der Waals surface area (Å²) in [6, 6.07) is 4.61. The summed E-state index contributed by atoms with van der Waals surface area (Å²) in [4.78, 5) is 35.3. The van der Waals surface area contributed by atoms with Crippen molar-refractivity contribution in [2.45, 2.75) is 38.5 Å². The lowest BCUT2D eigenvalue weighted by Crippen LogP contribution is -2.51. The van der Waals surface area contributed by atoms with E-state index in [-0.39, 0.29) is 24.7 Å². The summed E-state index contributed by atoms with van der Waals surface area (Å²) in [7, 11) is 0. The molecule has 1 aromatic heterocycles. The van der Waals surface area contributed by atoms with E-state index in [1.54, 1.807) is 29.4 Å². The number of carbonyl (C=O) groups is 2. The molecule has 0 unspecified atom stereocenters. The van der Waals surface area contributed by atoms with Gasteiger partial charge in [0.2, 0.25) is 11.9 Å². The van der Waals surface area contributed by atoms with Crippen LogP contribution in [0.3, 0.4) is 0 Å². The van der Waals surface area contributed by atoms with E-state index in [4.69, 9.17) is 21.4 Å². The van der Waals surface area contributed by atoms with Crippen LogP contribution in [-0.4, -0.2) is 64.6 Å². The summed E-state index contributed by atoms with van der Waals surface area (Å²) in [5.41, 5.74) is 0.320. The largest absolute Gasteiger partial charge is 0.493 e. The quantitative estimate of drug-likeness (QED) is 0.491. The van der Waals surface area contributed by atoms with E-state index in [0.717, 1.165) is 44.7 Å². The number of ether oxygens (including phenoxy) is 1. The second-order valence-electron chi connectivity index (χ2n) is 9.31. The molecule has 8 nitrogen and oxygen atoms in total. The fourth-order valence-electron chi connectivity index (χ4n) is 4.64. The van der Waals surface area contributed by atoms with Gasteiger partial charge in [0.1, 0.15) is 11.6 Å². The number of aliphatic carboxylic acids is 1. The molecule has 3 heterocycles. The van der Waals surface area contributed by atoms with Crippen molar-refractivity contribution >= 4 is 29.4 Å². The van der Waals surface area contributed by atoms with Crippen LogP contribution in [0.2, 0.25) is 5.02 Å². The first-order valence-corrected chi connectivity index (χ1v) is 12.4. The molecular weight excluding hydrogens is 475 g/mol. The van der Waals surface area contributed by atoms with Gasteiger partial charge in [0.15, 0.2) is 0 Å². The minimum atomic E-state index is -0.863. The zero-order valence-electron chi connectivity index (χ0n) is 19.5. The van der Waals surface area contributed by atoms with E-state index >= 15 is 0 Å². The fraction of sp³-hybridized carbons (Fsp3) is 0.520. The second kappa shape index (κ2) is 11.7. The Morgan fingerprint density at radius 2 is 1.86 bits per heavy atom. The van der Waals surface area contributed by atoms with Crippen LogP contribution in [0, 0.1) is 17.7 Å². The number of benzene rings is 1. The molecule has 1 amide bonds. The van der Waals surface area contributed by atoms with Gasteiger partial charge in [-0.25, -0.2) is 14.4 Å². The van der Waals surface area contributed by atoms with Gasteiger partial charge in [0, 0.05) is 38.2 Å².